The van der Waals surface area contributed by atoms with E-state index in [1.807, 2.05) is 18.2 Å². The number of amides is 6. The highest BCUT2D eigenvalue weighted by molar-refractivity contribution is 6.11. The zero-order chi connectivity index (χ0) is 21.6. The Labute approximate surface area is 176 Å². The number of hydrogen-bond donors (Lipinski definition) is 3. The van der Waals surface area contributed by atoms with Gasteiger partial charge in [0.2, 0.25) is 12.7 Å². The Hall–Kier alpha value is -4.08. The lowest BCUT2D eigenvalue weighted by atomic mass is 9.92. The van der Waals surface area contributed by atoms with Gasteiger partial charge in [-0.15, -0.1) is 0 Å². The maximum Gasteiger partial charge on any atom is 0.325 e. The van der Waals surface area contributed by atoms with E-state index < -0.39 is 36.0 Å². The van der Waals surface area contributed by atoms with Crippen LogP contribution in [-0.2, 0) is 21.5 Å². The Balaban J connectivity index is 1.23. The predicted octanol–water partition coefficient (Wildman–Crippen LogP) is 1.46. The van der Waals surface area contributed by atoms with Crippen LogP contribution < -0.4 is 25.4 Å². The third-order valence-corrected chi connectivity index (χ3v) is 5.61. The summed E-state index contributed by atoms with van der Waals surface area (Å²) in [5.74, 6) is -0.243. The predicted molar refractivity (Wildman–Crippen MR) is 106 cm³/mol. The number of nitrogens with zero attached hydrogens (tertiary/aromatic N) is 1. The molecule has 0 bridgehead atoms. The zero-order valence-corrected chi connectivity index (χ0v) is 16.3. The van der Waals surface area contributed by atoms with Crippen LogP contribution in [0.25, 0.3) is 0 Å². The number of carbonyl (C=O) groups excluding carboxylic acids is 4. The lowest BCUT2D eigenvalue weighted by Crippen LogP contribution is -2.45. The molecule has 2 heterocycles. The Morgan fingerprint density at radius 3 is 2.77 bits per heavy atom. The SMILES string of the molecule is O=C(CN1C(=O)NC2(CCc3ccccc32)C1=O)NC(=O)Nc1ccc2c(c1)OCO2. The average Bonchev–Trinajstić information content (AvgIpc) is 3.42. The van der Waals surface area contributed by atoms with Crippen LogP contribution in [0.3, 0.4) is 0 Å². The molecule has 1 atom stereocenters. The summed E-state index contributed by atoms with van der Waals surface area (Å²) in [6, 6.07) is 10.7. The molecule has 2 aromatic rings. The van der Waals surface area contributed by atoms with Crippen molar-refractivity contribution in [3.05, 3.63) is 53.6 Å². The molecule has 1 unspecified atom stereocenters. The quantitative estimate of drug-likeness (QED) is 0.643. The van der Waals surface area contributed by atoms with Gasteiger partial charge in [-0.3, -0.25) is 19.8 Å². The van der Waals surface area contributed by atoms with Gasteiger partial charge in [0, 0.05) is 11.8 Å². The minimum Gasteiger partial charge on any atom is -0.454 e. The summed E-state index contributed by atoms with van der Waals surface area (Å²) in [4.78, 5) is 50.9. The van der Waals surface area contributed by atoms with Gasteiger partial charge < -0.3 is 20.1 Å². The molecule has 0 aromatic heterocycles. The molecule has 1 aliphatic carbocycles. The van der Waals surface area contributed by atoms with Crippen molar-refractivity contribution in [3.63, 3.8) is 0 Å². The van der Waals surface area contributed by atoms with E-state index in [9.17, 15) is 19.2 Å². The summed E-state index contributed by atoms with van der Waals surface area (Å²) in [5, 5.41) is 7.37. The van der Waals surface area contributed by atoms with Gasteiger partial charge in [0.05, 0.1) is 0 Å². The van der Waals surface area contributed by atoms with Crippen molar-refractivity contribution in [1.29, 1.82) is 0 Å². The van der Waals surface area contributed by atoms with E-state index in [1.54, 1.807) is 24.3 Å². The zero-order valence-electron chi connectivity index (χ0n) is 16.3. The first kappa shape index (κ1) is 18.9. The van der Waals surface area contributed by atoms with E-state index in [4.69, 9.17) is 9.47 Å². The fraction of sp³-hybridized carbons (Fsp3) is 0.238. The topological polar surface area (TPSA) is 126 Å². The van der Waals surface area contributed by atoms with Crippen molar-refractivity contribution in [2.75, 3.05) is 18.7 Å². The van der Waals surface area contributed by atoms with Crippen LogP contribution in [0.5, 0.6) is 11.5 Å². The number of rotatable bonds is 3. The maximum absolute atomic E-state index is 13.1. The van der Waals surface area contributed by atoms with Gasteiger partial charge in [0.15, 0.2) is 11.5 Å². The Morgan fingerprint density at radius 1 is 1.10 bits per heavy atom. The fourth-order valence-corrected chi connectivity index (χ4v) is 4.18. The molecule has 1 spiro atoms. The number of benzene rings is 2. The molecule has 158 valence electrons. The molecule has 0 saturated carbocycles. The van der Waals surface area contributed by atoms with Gasteiger partial charge in [0.1, 0.15) is 12.1 Å². The third-order valence-electron chi connectivity index (χ3n) is 5.61. The van der Waals surface area contributed by atoms with Crippen LogP contribution in [0.2, 0.25) is 0 Å². The number of nitrogens with one attached hydrogen (secondary N) is 3. The molecule has 1 saturated heterocycles. The second-order valence-electron chi connectivity index (χ2n) is 7.45. The molecule has 6 amide bonds. The molecule has 2 aromatic carbocycles. The van der Waals surface area contributed by atoms with Crippen LogP contribution in [0.1, 0.15) is 17.5 Å². The van der Waals surface area contributed by atoms with Gasteiger partial charge in [-0.2, -0.15) is 0 Å². The van der Waals surface area contributed by atoms with Crippen molar-refractivity contribution in [1.82, 2.24) is 15.5 Å². The normalized spacial score (nSPS) is 20.6. The van der Waals surface area contributed by atoms with Crippen LogP contribution in [0.4, 0.5) is 15.3 Å². The Bertz CT molecular complexity index is 1130. The standard InChI is InChI=1S/C21H18N4O6/c26-17(23-19(28)22-13-5-6-15-16(9-13)31-11-30-15)10-25-18(27)21(24-20(25)29)8-7-12-3-1-2-4-14(12)21/h1-6,9H,7-8,10-11H2,(H,24,29)(H2,22,23,26,28). The number of ether oxygens (including phenoxy) is 2. The van der Waals surface area contributed by atoms with E-state index >= 15 is 0 Å². The molecule has 3 aliphatic rings. The molecule has 10 nitrogen and oxygen atoms in total. The lowest BCUT2D eigenvalue weighted by Gasteiger charge is -2.22. The highest BCUT2D eigenvalue weighted by atomic mass is 16.7. The van der Waals surface area contributed by atoms with E-state index in [-0.39, 0.29) is 6.79 Å². The van der Waals surface area contributed by atoms with Crippen molar-refractivity contribution >= 4 is 29.6 Å². The second-order valence-corrected chi connectivity index (χ2v) is 7.45. The minimum absolute atomic E-state index is 0.0986. The molecule has 31 heavy (non-hydrogen) atoms. The summed E-state index contributed by atoms with van der Waals surface area (Å²) in [6.07, 6.45) is 1.08. The fourth-order valence-electron chi connectivity index (χ4n) is 4.18. The first-order valence-electron chi connectivity index (χ1n) is 9.69. The molecule has 3 N–H and O–H groups in total. The van der Waals surface area contributed by atoms with Crippen molar-refractivity contribution in [2.45, 2.75) is 18.4 Å². The molecule has 2 aliphatic heterocycles. The minimum atomic E-state index is -1.15. The monoisotopic (exact) mass is 422 g/mol. The number of anilines is 1. The van der Waals surface area contributed by atoms with Crippen LogP contribution >= 0.6 is 0 Å². The van der Waals surface area contributed by atoms with Gasteiger partial charge >= 0.3 is 12.1 Å². The third kappa shape index (κ3) is 3.12. The molecule has 0 radical (unpaired) electrons. The highest BCUT2D eigenvalue weighted by Crippen LogP contribution is 2.41. The number of carbonyl (C=O) groups is 4. The van der Waals surface area contributed by atoms with E-state index in [0.717, 1.165) is 16.0 Å². The smallest absolute Gasteiger partial charge is 0.325 e. The van der Waals surface area contributed by atoms with Gasteiger partial charge in [-0.1, -0.05) is 24.3 Å². The van der Waals surface area contributed by atoms with Gasteiger partial charge in [-0.25, -0.2) is 9.59 Å². The first-order valence-corrected chi connectivity index (χ1v) is 9.69. The van der Waals surface area contributed by atoms with Crippen LogP contribution in [0, 0.1) is 0 Å². The molecule has 10 heteroatoms. The summed E-state index contributed by atoms with van der Waals surface area (Å²) in [5.41, 5.74) is 0.983. The van der Waals surface area contributed by atoms with Crippen LogP contribution in [-0.4, -0.2) is 42.1 Å². The second kappa shape index (κ2) is 7.01. The summed E-state index contributed by atoms with van der Waals surface area (Å²) in [7, 11) is 0. The maximum atomic E-state index is 13.1. The van der Waals surface area contributed by atoms with E-state index in [2.05, 4.69) is 16.0 Å². The molecular formula is C21H18N4O6. The number of aryl methyl sites for hydroxylation is 1. The summed E-state index contributed by atoms with van der Waals surface area (Å²) in [6.45, 7) is -0.468. The number of fused-ring (bicyclic) bond motifs is 3. The van der Waals surface area contributed by atoms with Crippen molar-refractivity contribution in [3.8, 4) is 11.5 Å². The van der Waals surface area contributed by atoms with Crippen molar-refractivity contribution < 1.29 is 28.7 Å². The van der Waals surface area contributed by atoms with E-state index in [1.165, 1.54) is 0 Å². The van der Waals surface area contributed by atoms with E-state index in [0.29, 0.717) is 30.0 Å². The molecule has 1 fully saturated rings. The first-order chi connectivity index (χ1) is 15.0. The average molecular weight is 422 g/mol. The summed E-state index contributed by atoms with van der Waals surface area (Å²) >= 11 is 0. The number of urea groups is 2. The number of imide groups is 2. The largest absolute Gasteiger partial charge is 0.454 e. The van der Waals surface area contributed by atoms with Gasteiger partial charge in [0.25, 0.3) is 5.91 Å². The Kier molecular flexibility index (Phi) is 4.28. The molecule has 5 rings (SSSR count). The van der Waals surface area contributed by atoms with Gasteiger partial charge in [-0.05, 0) is 36.1 Å². The van der Waals surface area contributed by atoms with Crippen molar-refractivity contribution in [2.24, 2.45) is 0 Å². The van der Waals surface area contributed by atoms with Crippen LogP contribution in [0.15, 0.2) is 42.5 Å². The Morgan fingerprint density at radius 2 is 1.90 bits per heavy atom. The summed E-state index contributed by atoms with van der Waals surface area (Å²) < 4.78 is 10.4. The lowest BCUT2D eigenvalue weighted by molar-refractivity contribution is -0.135. The highest BCUT2D eigenvalue weighted by Gasteiger charge is 2.55. The molecular weight excluding hydrogens is 404 g/mol. The number of hydrogen-bond acceptors (Lipinski definition) is 6.